The normalized spacial score (nSPS) is 17.3. The molecule has 4 rings (SSSR count). The average Bonchev–Trinajstić information content (AvgIpc) is 3.36. The number of rotatable bonds is 2. The summed E-state index contributed by atoms with van der Waals surface area (Å²) in [6, 6.07) is 0. The van der Waals surface area contributed by atoms with Gasteiger partial charge >= 0.3 is 5.97 Å². The number of benzene rings is 1. The molecule has 1 spiro atoms. The van der Waals surface area contributed by atoms with E-state index < -0.39 is 45.5 Å². The van der Waals surface area contributed by atoms with Crippen LogP contribution in [0.2, 0.25) is 0 Å². The number of carbonyl (C=O) groups is 1. The lowest BCUT2D eigenvalue weighted by atomic mass is 10.1. The fourth-order valence-corrected chi connectivity index (χ4v) is 3.24. The average molecular weight is 353 g/mol. The summed E-state index contributed by atoms with van der Waals surface area (Å²) in [6.07, 6.45) is 2.82. The molecular weight excluding hydrogens is 339 g/mol. The second-order valence-corrected chi connectivity index (χ2v) is 6.50. The molecule has 0 N–H and O–H groups in total. The number of halogens is 3. The maximum absolute atomic E-state index is 14.4. The first-order valence-corrected chi connectivity index (χ1v) is 7.92. The third kappa shape index (κ3) is 2.23. The number of hydrogen-bond donors (Lipinski definition) is 0. The van der Waals surface area contributed by atoms with E-state index in [4.69, 9.17) is 9.47 Å². The van der Waals surface area contributed by atoms with Crippen LogP contribution in [0.1, 0.15) is 30.1 Å². The predicted molar refractivity (Wildman–Crippen MR) is 81.2 cm³/mol. The van der Waals surface area contributed by atoms with Crippen LogP contribution >= 0.6 is 0 Å². The van der Waals surface area contributed by atoms with Gasteiger partial charge in [-0.3, -0.25) is 4.79 Å². The van der Waals surface area contributed by atoms with Crippen molar-refractivity contribution in [2.75, 3.05) is 13.2 Å². The van der Waals surface area contributed by atoms with Gasteiger partial charge in [-0.15, -0.1) is 0 Å². The molecule has 0 unspecified atom stereocenters. The van der Waals surface area contributed by atoms with Crippen molar-refractivity contribution >= 4 is 16.9 Å². The molecule has 5 nitrogen and oxygen atoms in total. The Morgan fingerprint density at radius 1 is 1.28 bits per heavy atom. The molecule has 2 heterocycles. The molecule has 2 aliphatic rings. The van der Waals surface area contributed by atoms with E-state index in [1.54, 1.807) is 6.92 Å². The van der Waals surface area contributed by atoms with Crippen molar-refractivity contribution in [2.45, 2.75) is 26.3 Å². The highest BCUT2D eigenvalue weighted by Gasteiger charge is 2.46. The van der Waals surface area contributed by atoms with Crippen LogP contribution in [0.3, 0.4) is 0 Å². The zero-order valence-electron chi connectivity index (χ0n) is 13.3. The number of nitrogens with zero attached hydrogens (tertiary/aromatic N) is 1. The third-order valence-electron chi connectivity index (χ3n) is 4.78. The maximum atomic E-state index is 14.4. The summed E-state index contributed by atoms with van der Waals surface area (Å²) in [4.78, 5) is 24.6. The quantitative estimate of drug-likeness (QED) is 0.615. The molecule has 0 atom stereocenters. The zero-order chi connectivity index (χ0) is 17.9. The summed E-state index contributed by atoms with van der Waals surface area (Å²) >= 11 is 0. The number of esters is 1. The fraction of sp³-hybridized carbons (Fsp3) is 0.412. The summed E-state index contributed by atoms with van der Waals surface area (Å²) in [5.74, 6) is -6.32. The second kappa shape index (κ2) is 5.24. The molecule has 2 aromatic rings. The summed E-state index contributed by atoms with van der Waals surface area (Å²) in [7, 11) is 0. The van der Waals surface area contributed by atoms with Crippen LogP contribution in [-0.2, 0) is 11.3 Å². The Balaban J connectivity index is 2.10. The molecule has 8 heteroatoms. The van der Waals surface area contributed by atoms with Gasteiger partial charge in [-0.25, -0.2) is 13.6 Å². The van der Waals surface area contributed by atoms with Crippen LogP contribution in [0, 0.1) is 22.9 Å². The minimum Gasteiger partial charge on any atom is -0.488 e. The Bertz CT molecular complexity index is 978. The van der Waals surface area contributed by atoms with E-state index in [0.717, 1.165) is 12.8 Å². The van der Waals surface area contributed by atoms with E-state index in [1.165, 1.54) is 10.8 Å². The molecule has 132 valence electrons. The number of aromatic nitrogens is 1. The highest BCUT2D eigenvalue weighted by atomic mass is 19.2. The van der Waals surface area contributed by atoms with E-state index in [9.17, 15) is 22.8 Å². The van der Waals surface area contributed by atoms with Crippen LogP contribution in [0.5, 0.6) is 5.75 Å². The van der Waals surface area contributed by atoms with Crippen LogP contribution < -0.4 is 10.2 Å². The Morgan fingerprint density at radius 2 is 2.00 bits per heavy atom. The SMILES string of the molecule is CCOC(=O)c1cn2c3c(c(F)c(F)c(F)c3c1=O)OCC1(CC1)C2. The monoisotopic (exact) mass is 353 g/mol. The van der Waals surface area contributed by atoms with Gasteiger partial charge in [0.15, 0.2) is 17.4 Å². The molecule has 1 aliphatic heterocycles. The number of carbonyl (C=O) groups excluding carboxylic acids is 1. The van der Waals surface area contributed by atoms with E-state index in [-0.39, 0.29) is 24.1 Å². The lowest BCUT2D eigenvalue weighted by Crippen LogP contribution is -2.23. The van der Waals surface area contributed by atoms with Crippen LogP contribution in [0.25, 0.3) is 10.9 Å². The summed E-state index contributed by atoms with van der Waals surface area (Å²) in [5, 5.41) is -0.697. The maximum Gasteiger partial charge on any atom is 0.343 e. The first-order chi connectivity index (χ1) is 11.9. The third-order valence-corrected chi connectivity index (χ3v) is 4.78. The van der Waals surface area contributed by atoms with Crippen molar-refractivity contribution in [1.29, 1.82) is 0 Å². The largest absolute Gasteiger partial charge is 0.488 e. The Morgan fingerprint density at radius 3 is 2.64 bits per heavy atom. The van der Waals surface area contributed by atoms with Crippen molar-refractivity contribution in [2.24, 2.45) is 5.41 Å². The van der Waals surface area contributed by atoms with Gasteiger partial charge in [0.05, 0.1) is 18.6 Å². The first-order valence-electron chi connectivity index (χ1n) is 7.92. The van der Waals surface area contributed by atoms with Gasteiger partial charge in [-0.05, 0) is 19.8 Å². The molecule has 1 fully saturated rings. The number of ether oxygens (including phenoxy) is 2. The van der Waals surface area contributed by atoms with E-state index >= 15 is 0 Å². The first kappa shape index (κ1) is 16.0. The summed E-state index contributed by atoms with van der Waals surface area (Å²) in [6.45, 7) is 2.03. The summed E-state index contributed by atoms with van der Waals surface area (Å²) in [5.41, 5.74) is -1.91. The van der Waals surface area contributed by atoms with Gasteiger partial charge in [0.1, 0.15) is 11.1 Å². The van der Waals surface area contributed by atoms with Crippen molar-refractivity contribution < 1.29 is 27.4 Å². The number of pyridine rings is 1. The van der Waals surface area contributed by atoms with Crippen LogP contribution in [0.15, 0.2) is 11.0 Å². The van der Waals surface area contributed by atoms with Gasteiger partial charge in [0.25, 0.3) is 0 Å². The Hall–Kier alpha value is -2.51. The smallest absolute Gasteiger partial charge is 0.343 e. The molecular formula is C17H14F3NO4. The van der Waals surface area contributed by atoms with Gasteiger partial charge in [0, 0.05) is 18.2 Å². The molecule has 0 saturated heterocycles. The van der Waals surface area contributed by atoms with Crippen LogP contribution in [-0.4, -0.2) is 23.8 Å². The number of hydrogen-bond acceptors (Lipinski definition) is 4. The standard InChI is InChI=1S/C17H14F3NO4/c1-2-24-16(23)8-5-21-6-17(3-4-17)7-25-15-12(20)11(19)10(18)9(13(15)21)14(8)22/h5H,2-4,6-7H2,1H3. The molecule has 0 radical (unpaired) electrons. The van der Waals surface area contributed by atoms with Gasteiger partial charge in [0.2, 0.25) is 11.2 Å². The Labute approximate surface area is 139 Å². The van der Waals surface area contributed by atoms with Gasteiger partial charge in [-0.1, -0.05) is 0 Å². The van der Waals surface area contributed by atoms with Crippen LogP contribution in [0.4, 0.5) is 13.2 Å². The van der Waals surface area contributed by atoms with E-state index in [1.807, 2.05) is 0 Å². The van der Waals surface area contributed by atoms with E-state index in [0.29, 0.717) is 6.54 Å². The molecule has 1 aromatic carbocycles. The lowest BCUT2D eigenvalue weighted by molar-refractivity contribution is 0.0524. The zero-order valence-corrected chi connectivity index (χ0v) is 13.3. The highest BCUT2D eigenvalue weighted by Crippen LogP contribution is 2.50. The minimum absolute atomic E-state index is 0.0227. The minimum atomic E-state index is -1.79. The van der Waals surface area contributed by atoms with Crippen molar-refractivity contribution in [3.05, 3.63) is 39.4 Å². The molecule has 1 aliphatic carbocycles. The molecule has 25 heavy (non-hydrogen) atoms. The molecule has 0 amide bonds. The van der Waals surface area contributed by atoms with E-state index in [2.05, 4.69) is 0 Å². The molecule has 1 saturated carbocycles. The predicted octanol–water partition coefficient (Wildman–Crippen LogP) is 2.77. The lowest BCUT2D eigenvalue weighted by Gasteiger charge is -2.15. The van der Waals surface area contributed by atoms with Gasteiger partial charge < -0.3 is 14.0 Å². The molecule has 1 aromatic heterocycles. The fourth-order valence-electron chi connectivity index (χ4n) is 3.24. The Kier molecular flexibility index (Phi) is 3.35. The highest BCUT2D eigenvalue weighted by molar-refractivity contribution is 5.95. The van der Waals surface area contributed by atoms with Crippen molar-refractivity contribution in [1.82, 2.24) is 4.57 Å². The van der Waals surface area contributed by atoms with Gasteiger partial charge in [-0.2, -0.15) is 4.39 Å². The van der Waals surface area contributed by atoms with Crippen molar-refractivity contribution in [3.8, 4) is 5.75 Å². The topological polar surface area (TPSA) is 57.5 Å². The molecule has 0 bridgehead atoms. The second-order valence-electron chi connectivity index (χ2n) is 6.50. The van der Waals surface area contributed by atoms with Crippen molar-refractivity contribution in [3.63, 3.8) is 0 Å². The summed E-state index contributed by atoms with van der Waals surface area (Å²) < 4.78 is 54.2.